The van der Waals surface area contributed by atoms with E-state index in [2.05, 4.69) is 52.5 Å². The van der Waals surface area contributed by atoms with E-state index in [0.717, 1.165) is 30.2 Å². The fraction of sp³-hybridized carbons (Fsp3) is 0.222. The van der Waals surface area contributed by atoms with Crippen LogP contribution in [-0.4, -0.2) is 16.5 Å². The molecule has 3 aromatic rings. The first-order valence-corrected chi connectivity index (χ1v) is 8.26. The van der Waals surface area contributed by atoms with Crippen LogP contribution >= 0.6 is 11.3 Å². The van der Waals surface area contributed by atoms with Gasteiger partial charge in [0.25, 0.3) is 0 Å². The standard InChI is InChI=1S/C18H19N3S/c1-14-6-2-3-8-17(14)18-21-13-16(22-18)12-19-11-9-15-7-4-5-10-20-15/h2-8,10,13,19H,9,11-12H2,1H3. The number of nitrogens with zero attached hydrogens (tertiary/aromatic N) is 2. The molecule has 0 aliphatic carbocycles. The average Bonchev–Trinajstić information content (AvgIpc) is 3.02. The molecular formula is C18H19N3S. The quantitative estimate of drug-likeness (QED) is 0.703. The summed E-state index contributed by atoms with van der Waals surface area (Å²) >= 11 is 1.76. The molecule has 22 heavy (non-hydrogen) atoms. The normalized spacial score (nSPS) is 10.8. The van der Waals surface area contributed by atoms with Gasteiger partial charge in [0.1, 0.15) is 5.01 Å². The van der Waals surface area contributed by atoms with Crippen LogP contribution < -0.4 is 5.32 Å². The smallest absolute Gasteiger partial charge is 0.123 e. The number of hydrogen-bond acceptors (Lipinski definition) is 4. The fourth-order valence-corrected chi connectivity index (χ4v) is 3.27. The Morgan fingerprint density at radius 3 is 2.73 bits per heavy atom. The molecule has 0 fully saturated rings. The van der Waals surface area contributed by atoms with E-state index in [4.69, 9.17) is 0 Å². The van der Waals surface area contributed by atoms with Crippen LogP contribution in [0.1, 0.15) is 16.1 Å². The number of thiazole rings is 1. The highest BCUT2D eigenvalue weighted by atomic mass is 32.1. The number of aromatic nitrogens is 2. The Labute approximate surface area is 135 Å². The van der Waals surface area contributed by atoms with E-state index in [0.29, 0.717) is 0 Å². The molecule has 0 radical (unpaired) electrons. The van der Waals surface area contributed by atoms with Crippen molar-refractivity contribution in [2.45, 2.75) is 19.9 Å². The predicted octanol–water partition coefficient (Wildman–Crippen LogP) is 3.85. The molecule has 0 bridgehead atoms. The first-order chi connectivity index (χ1) is 10.8. The Morgan fingerprint density at radius 1 is 1.05 bits per heavy atom. The van der Waals surface area contributed by atoms with E-state index in [9.17, 15) is 0 Å². The van der Waals surface area contributed by atoms with E-state index in [1.807, 2.05) is 24.5 Å². The number of hydrogen-bond donors (Lipinski definition) is 1. The second-order valence-corrected chi connectivity index (χ2v) is 6.31. The minimum absolute atomic E-state index is 0.858. The van der Waals surface area contributed by atoms with Gasteiger partial charge in [0.15, 0.2) is 0 Å². The highest BCUT2D eigenvalue weighted by Gasteiger charge is 2.06. The molecule has 0 saturated heterocycles. The second kappa shape index (κ2) is 7.29. The molecule has 0 saturated carbocycles. The van der Waals surface area contributed by atoms with Gasteiger partial charge < -0.3 is 5.32 Å². The summed E-state index contributed by atoms with van der Waals surface area (Å²) in [5.74, 6) is 0. The van der Waals surface area contributed by atoms with Crippen molar-refractivity contribution in [3.63, 3.8) is 0 Å². The molecule has 112 valence electrons. The van der Waals surface area contributed by atoms with E-state index < -0.39 is 0 Å². The summed E-state index contributed by atoms with van der Waals surface area (Å²) in [6, 6.07) is 14.4. The third-order valence-electron chi connectivity index (χ3n) is 3.51. The molecule has 0 spiro atoms. The summed E-state index contributed by atoms with van der Waals surface area (Å²) in [4.78, 5) is 10.1. The fourth-order valence-electron chi connectivity index (χ4n) is 2.30. The lowest BCUT2D eigenvalue weighted by Gasteiger charge is -2.02. The largest absolute Gasteiger partial charge is 0.311 e. The van der Waals surface area contributed by atoms with Gasteiger partial charge in [0.05, 0.1) is 0 Å². The molecule has 1 aromatic carbocycles. The summed E-state index contributed by atoms with van der Waals surface area (Å²) in [5.41, 5.74) is 3.62. The van der Waals surface area contributed by atoms with E-state index in [1.165, 1.54) is 16.0 Å². The zero-order chi connectivity index (χ0) is 15.2. The molecular weight excluding hydrogens is 290 g/mol. The monoisotopic (exact) mass is 309 g/mol. The number of pyridine rings is 1. The van der Waals surface area contributed by atoms with Crippen LogP contribution in [0.2, 0.25) is 0 Å². The zero-order valence-corrected chi connectivity index (χ0v) is 13.4. The highest BCUT2D eigenvalue weighted by molar-refractivity contribution is 7.15. The van der Waals surface area contributed by atoms with Gasteiger partial charge in [-0.15, -0.1) is 11.3 Å². The van der Waals surface area contributed by atoms with Crippen LogP contribution in [0.3, 0.4) is 0 Å². The minimum atomic E-state index is 0.858. The molecule has 0 aliphatic heterocycles. The Bertz CT molecular complexity index is 722. The van der Waals surface area contributed by atoms with Crippen LogP contribution in [0.15, 0.2) is 54.9 Å². The summed E-state index contributed by atoms with van der Waals surface area (Å²) in [7, 11) is 0. The van der Waals surface area contributed by atoms with Crippen LogP contribution in [0, 0.1) is 6.92 Å². The van der Waals surface area contributed by atoms with Crippen LogP contribution in [0.5, 0.6) is 0 Å². The van der Waals surface area contributed by atoms with Crippen molar-refractivity contribution in [3.05, 3.63) is 71.0 Å². The molecule has 0 aliphatic rings. The van der Waals surface area contributed by atoms with Gasteiger partial charge in [-0.25, -0.2) is 4.98 Å². The SMILES string of the molecule is Cc1ccccc1-c1ncc(CNCCc2ccccn2)s1. The number of aryl methyl sites for hydroxylation is 1. The predicted molar refractivity (Wildman–Crippen MR) is 91.9 cm³/mol. The molecule has 3 rings (SSSR count). The van der Waals surface area contributed by atoms with Gasteiger partial charge in [-0.2, -0.15) is 0 Å². The van der Waals surface area contributed by atoms with E-state index in [1.54, 1.807) is 11.3 Å². The topological polar surface area (TPSA) is 37.8 Å². The molecule has 2 aromatic heterocycles. The van der Waals surface area contributed by atoms with E-state index >= 15 is 0 Å². The molecule has 0 amide bonds. The third kappa shape index (κ3) is 3.78. The van der Waals surface area contributed by atoms with Crippen LogP contribution in [-0.2, 0) is 13.0 Å². The average molecular weight is 309 g/mol. The van der Waals surface area contributed by atoms with Gasteiger partial charge in [0.2, 0.25) is 0 Å². The van der Waals surface area contributed by atoms with Crippen molar-refractivity contribution in [1.82, 2.24) is 15.3 Å². The zero-order valence-electron chi connectivity index (χ0n) is 12.6. The minimum Gasteiger partial charge on any atom is -0.311 e. The lowest BCUT2D eigenvalue weighted by Crippen LogP contribution is -2.16. The first-order valence-electron chi connectivity index (χ1n) is 7.44. The lowest BCUT2D eigenvalue weighted by atomic mass is 10.1. The Kier molecular flexibility index (Phi) is 4.93. The number of benzene rings is 1. The Morgan fingerprint density at radius 2 is 1.91 bits per heavy atom. The molecule has 3 nitrogen and oxygen atoms in total. The van der Waals surface area contributed by atoms with E-state index in [-0.39, 0.29) is 0 Å². The number of rotatable bonds is 6. The van der Waals surface area contributed by atoms with Gasteiger partial charge in [-0.1, -0.05) is 30.3 Å². The highest BCUT2D eigenvalue weighted by Crippen LogP contribution is 2.27. The van der Waals surface area contributed by atoms with Crippen molar-refractivity contribution in [2.24, 2.45) is 0 Å². The number of nitrogens with one attached hydrogen (secondary N) is 1. The Hall–Kier alpha value is -2.04. The lowest BCUT2D eigenvalue weighted by molar-refractivity contribution is 0.685. The maximum atomic E-state index is 4.55. The third-order valence-corrected chi connectivity index (χ3v) is 4.54. The summed E-state index contributed by atoms with van der Waals surface area (Å²) < 4.78 is 0. The van der Waals surface area contributed by atoms with Crippen molar-refractivity contribution < 1.29 is 0 Å². The van der Waals surface area contributed by atoms with Crippen LogP contribution in [0.4, 0.5) is 0 Å². The van der Waals surface area contributed by atoms with Gasteiger partial charge in [-0.05, 0) is 24.6 Å². The molecule has 0 unspecified atom stereocenters. The maximum Gasteiger partial charge on any atom is 0.123 e. The second-order valence-electron chi connectivity index (χ2n) is 5.19. The summed E-state index contributed by atoms with van der Waals surface area (Å²) in [6.07, 6.45) is 4.76. The van der Waals surface area contributed by atoms with Gasteiger partial charge in [-0.3, -0.25) is 4.98 Å². The Balaban J connectivity index is 1.53. The van der Waals surface area contributed by atoms with Crippen LogP contribution in [0.25, 0.3) is 10.6 Å². The van der Waals surface area contributed by atoms with Crippen molar-refractivity contribution >= 4 is 11.3 Å². The molecule has 0 atom stereocenters. The summed E-state index contributed by atoms with van der Waals surface area (Å²) in [6.45, 7) is 3.91. The molecule has 2 heterocycles. The first kappa shape index (κ1) is 14.9. The summed E-state index contributed by atoms with van der Waals surface area (Å²) in [5, 5.41) is 4.56. The van der Waals surface area contributed by atoms with Gasteiger partial charge in [0, 0.05) is 48.0 Å². The van der Waals surface area contributed by atoms with Crippen molar-refractivity contribution in [2.75, 3.05) is 6.54 Å². The molecule has 1 N–H and O–H groups in total. The van der Waals surface area contributed by atoms with Crippen molar-refractivity contribution in [3.8, 4) is 10.6 Å². The molecule has 4 heteroatoms. The maximum absolute atomic E-state index is 4.55. The van der Waals surface area contributed by atoms with Crippen molar-refractivity contribution in [1.29, 1.82) is 0 Å². The van der Waals surface area contributed by atoms with Gasteiger partial charge >= 0.3 is 0 Å².